The van der Waals surface area contributed by atoms with Crippen molar-refractivity contribution in [2.75, 3.05) is 12.3 Å². The van der Waals surface area contributed by atoms with E-state index in [1.807, 2.05) is 47.0 Å². The molecule has 1 aliphatic rings. The number of nitrogen functional groups attached to an aromatic ring is 1. The fourth-order valence-electron chi connectivity index (χ4n) is 4.19. The molecule has 5 rings (SSSR count). The minimum Gasteiger partial charge on any atom is -0.439 e. The molecule has 34 heavy (non-hydrogen) atoms. The minimum absolute atomic E-state index is 0. The second kappa shape index (κ2) is 9.85. The van der Waals surface area contributed by atoms with Gasteiger partial charge in [-0.1, -0.05) is 12.0 Å². The van der Waals surface area contributed by atoms with Gasteiger partial charge < -0.3 is 15.4 Å². The van der Waals surface area contributed by atoms with Crippen LogP contribution in [0.2, 0.25) is 0 Å². The average Bonchev–Trinajstić information content (AvgIpc) is 3.46. The van der Waals surface area contributed by atoms with Crippen molar-refractivity contribution in [2.24, 2.45) is 0 Å². The molecular formula is C25H24N6O2S. The van der Waals surface area contributed by atoms with Gasteiger partial charge in [0.15, 0.2) is 0 Å². The van der Waals surface area contributed by atoms with Crippen LogP contribution in [0.15, 0.2) is 61.1 Å². The first-order valence-electron chi connectivity index (χ1n) is 10.7. The van der Waals surface area contributed by atoms with E-state index < -0.39 is 0 Å². The van der Waals surface area contributed by atoms with Gasteiger partial charge in [-0.2, -0.15) is 13.5 Å². The van der Waals surface area contributed by atoms with E-state index in [-0.39, 0.29) is 25.4 Å². The van der Waals surface area contributed by atoms with Gasteiger partial charge in [-0.25, -0.2) is 15.0 Å². The number of rotatable bonds is 4. The molecule has 172 valence electrons. The van der Waals surface area contributed by atoms with Gasteiger partial charge in [0.1, 0.15) is 28.6 Å². The van der Waals surface area contributed by atoms with Crippen molar-refractivity contribution in [1.29, 1.82) is 0 Å². The number of hydrogen-bond acceptors (Lipinski definition) is 6. The van der Waals surface area contributed by atoms with Crippen LogP contribution in [0.1, 0.15) is 31.6 Å². The van der Waals surface area contributed by atoms with Crippen LogP contribution in [0.3, 0.4) is 0 Å². The highest BCUT2D eigenvalue weighted by molar-refractivity contribution is 7.59. The zero-order valence-corrected chi connectivity index (χ0v) is 19.6. The van der Waals surface area contributed by atoms with Gasteiger partial charge in [0.05, 0.1) is 6.04 Å². The van der Waals surface area contributed by atoms with Gasteiger partial charge in [-0.3, -0.25) is 9.20 Å². The average molecular weight is 473 g/mol. The maximum Gasteiger partial charge on any atom is 0.299 e. The summed E-state index contributed by atoms with van der Waals surface area (Å²) >= 11 is 0. The Morgan fingerprint density at radius 1 is 1.15 bits per heavy atom. The third kappa shape index (κ3) is 4.28. The molecule has 9 heteroatoms. The predicted molar refractivity (Wildman–Crippen MR) is 135 cm³/mol. The normalized spacial score (nSPS) is 14.9. The predicted octanol–water partition coefficient (Wildman–Crippen LogP) is 3.97. The number of aromatic nitrogens is 4. The number of likely N-dealkylation sites (tertiary alicyclic amines) is 1. The summed E-state index contributed by atoms with van der Waals surface area (Å²) in [5.74, 6) is 7.50. The van der Waals surface area contributed by atoms with E-state index in [0.29, 0.717) is 35.2 Å². The minimum atomic E-state index is -0.184. The van der Waals surface area contributed by atoms with Gasteiger partial charge in [-0.15, -0.1) is 0 Å². The number of nitrogens with zero attached hydrogens (tertiary/aromatic N) is 5. The Hall–Kier alpha value is -4.03. The molecule has 0 unspecified atom stereocenters. The van der Waals surface area contributed by atoms with Crippen LogP contribution in [0.5, 0.6) is 11.6 Å². The number of amides is 1. The highest BCUT2D eigenvalue weighted by Crippen LogP contribution is 2.36. The molecule has 1 aliphatic heterocycles. The van der Waals surface area contributed by atoms with Crippen molar-refractivity contribution in [3.63, 3.8) is 0 Å². The quantitative estimate of drug-likeness (QED) is 0.452. The zero-order chi connectivity index (χ0) is 22.8. The number of carbonyl (C=O) groups is 1. The highest BCUT2D eigenvalue weighted by atomic mass is 32.1. The van der Waals surface area contributed by atoms with Gasteiger partial charge in [0.2, 0.25) is 5.88 Å². The number of pyridine rings is 1. The Kier molecular flexibility index (Phi) is 6.70. The number of nitrogens with two attached hydrogens (primary N) is 1. The molecule has 0 radical (unpaired) electrons. The summed E-state index contributed by atoms with van der Waals surface area (Å²) in [5, 5.41) is 0. The zero-order valence-electron chi connectivity index (χ0n) is 18.6. The number of benzene rings is 1. The lowest BCUT2D eigenvalue weighted by atomic mass is 10.1. The van der Waals surface area contributed by atoms with Crippen LogP contribution < -0.4 is 10.5 Å². The third-order valence-electron chi connectivity index (χ3n) is 5.64. The number of carbonyl (C=O) groups excluding carboxylic acids is 1. The second-order valence-corrected chi connectivity index (χ2v) is 7.68. The number of fused-ring (bicyclic) bond motifs is 1. The van der Waals surface area contributed by atoms with E-state index in [1.54, 1.807) is 30.3 Å². The van der Waals surface area contributed by atoms with Crippen LogP contribution in [0.25, 0.3) is 16.8 Å². The van der Waals surface area contributed by atoms with Crippen molar-refractivity contribution in [2.45, 2.75) is 25.8 Å². The summed E-state index contributed by atoms with van der Waals surface area (Å²) < 4.78 is 7.74. The lowest BCUT2D eigenvalue weighted by Gasteiger charge is -2.21. The van der Waals surface area contributed by atoms with E-state index in [9.17, 15) is 4.79 Å². The van der Waals surface area contributed by atoms with E-state index in [1.165, 1.54) is 0 Å². The molecule has 8 nitrogen and oxygen atoms in total. The van der Waals surface area contributed by atoms with Crippen LogP contribution >= 0.6 is 13.5 Å². The first-order valence-corrected chi connectivity index (χ1v) is 10.7. The van der Waals surface area contributed by atoms with Gasteiger partial charge in [-0.05, 0) is 56.0 Å². The third-order valence-corrected chi connectivity index (χ3v) is 5.64. The number of imidazole rings is 1. The lowest BCUT2D eigenvalue weighted by molar-refractivity contribution is -0.126. The van der Waals surface area contributed by atoms with Crippen molar-refractivity contribution in [3.05, 3.63) is 66.9 Å². The summed E-state index contributed by atoms with van der Waals surface area (Å²) in [4.78, 5) is 27.8. The Balaban J connectivity index is 0.00000274. The molecule has 1 atom stereocenters. The standard InChI is InChI=1S/C25H22N6O2.H2S/c1-2-6-21(32)30-15-5-7-19(30)25-29-22(23-24(26)28-14-16-31(23)25)17-9-11-18(12-10-17)33-20-8-3-4-13-27-20;/h3-4,8-14,16,19H,5,7,15H2,1H3,(H2,26,28);1H2/t19-;/m0./s1. The largest absolute Gasteiger partial charge is 0.439 e. The SMILES string of the molecule is CC#CC(=O)N1CCC[C@H]1c1nc(-c2ccc(Oc3ccccn3)cc2)c2c(N)nccn12.S. The molecule has 0 bridgehead atoms. The van der Waals surface area contributed by atoms with Crippen molar-refractivity contribution in [3.8, 4) is 34.7 Å². The molecule has 1 saturated heterocycles. The van der Waals surface area contributed by atoms with Crippen LogP contribution in [0, 0.1) is 11.8 Å². The molecule has 1 aromatic carbocycles. The Morgan fingerprint density at radius 2 is 1.97 bits per heavy atom. The summed E-state index contributed by atoms with van der Waals surface area (Å²) in [7, 11) is 0. The first kappa shape index (κ1) is 23.1. The lowest BCUT2D eigenvalue weighted by Crippen LogP contribution is -2.30. The molecule has 4 heterocycles. The van der Waals surface area contributed by atoms with Gasteiger partial charge in [0, 0.05) is 36.8 Å². The van der Waals surface area contributed by atoms with Gasteiger partial charge >= 0.3 is 0 Å². The molecule has 2 N–H and O–H groups in total. The number of anilines is 1. The van der Waals surface area contributed by atoms with E-state index in [0.717, 1.165) is 24.2 Å². The number of hydrogen-bond donors (Lipinski definition) is 1. The van der Waals surface area contributed by atoms with Crippen molar-refractivity contribution < 1.29 is 9.53 Å². The highest BCUT2D eigenvalue weighted by Gasteiger charge is 2.33. The summed E-state index contributed by atoms with van der Waals surface area (Å²) in [6, 6.07) is 12.9. The Bertz CT molecular complexity index is 1380. The smallest absolute Gasteiger partial charge is 0.299 e. The van der Waals surface area contributed by atoms with Crippen LogP contribution in [0.4, 0.5) is 5.82 Å². The summed E-state index contributed by atoms with van der Waals surface area (Å²) in [6.07, 6.45) is 6.87. The summed E-state index contributed by atoms with van der Waals surface area (Å²) in [6.45, 7) is 2.32. The molecular weight excluding hydrogens is 448 g/mol. The Labute approximate surface area is 204 Å². The second-order valence-electron chi connectivity index (χ2n) is 7.68. The van der Waals surface area contributed by atoms with E-state index in [2.05, 4.69) is 21.8 Å². The van der Waals surface area contributed by atoms with Crippen LogP contribution in [-0.2, 0) is 4.79 Å². The summed E-state index contributed by atoms with van der Waals surface area (Å²) in [5.41, 5.74) is 8.57. The van der Waals surface area contributed by atoms with Crippen molar-refractivity contribution >= 4 is 30.7 Å². The maximum atomic E-state index is 12.6. The van der Waals surface area contributed by atoms with Crippen molar-refractivity contribution in [1.82, 2.24) is 24.3 Å². The molecule has 4 aromatic rings. The van der Waals surface area contributed by atoms with Gasteiger partial charge in [0.25, 0.3) is 5.91 Å². The first-order chi connectivity index (χ1) is 16.2. The van der Waals surface area contributed by atoms with E-state index in [4.69, 9.17) is 15.5 Å². The van der Waals surface area contributed by atoms with E-state index >= 15 is 0 Å². The fourth-order valence-corrected chi connectivity index (χ4v) is 4.19. The monoisotopic (exact) mass is 472 g/mol. The van der Waals surface area contributed by atoms with Crippen LogP contribution in [-0.4, -0.2) is 36.7 Å². The molecule has 0 aliphatic carbocycles. The molecule has 1 fully saturated rings. The maximum absolute atomic E-state index is 12.6. The molecule has 0 saturated carbocycles. The topological polar surface area (TPSA) is 98.6 Å². The molecule has 0 spiro atoms. The fraction of sp³-hybridized carbons (Fsp3) is 0.200. The number of ether oxygens (including phenoxy) is 1. The Morgan fingerprint density at radius 3 is 2.71 bits per heavy atom. The molecule has 3 aromatic heterocycles. The molecule has 1 amide bonds.